The number of nitrogens with zero attached hydrogens (tertiary/aromatic N) is 1. The van der Waals surface area contributed by atoms with Gasteiger partial charge in [-0.15, -0.1) is 0 Å². The van der Waals surface area contributed by atoms with Gasteiger partial charge in [0.15, 0.2) is 6.61 Å². The maximum atomic E-state index is 12.4. The Morgan fingerprint density at radius 2 is 1.62 bits per heavy atom. The number of esters is 1. The van der Waals surface area contributed by atoms with Crippen molar-refractivity contribution in [3.63, 3.8) is 0 Å². The van der Waals surface area contributed by atoms with Gasteiger partial charge in [0, 0.05) is 19.8 Å². The Morgan fingerprint density at radius 1 is 1.00 bits per heavy atom. The number of ether oxygens (including phenoxy) is 3. The lowest BCUT2D eigenvalue weighted by molar-refractivity contribution is -0.147. The Labute approximate surface area is 188 Å². The van der Waals surface area contributed by atoms with Crippen LogP contribution in [-0.4, -0.2) is 58.5 Å². The summed E-state index contributed by atoms with van der Waals surface area (Å²) in [6.07, 6.45) is -0.0315. The van der Waals surface area contributed by atoms with E-state index in [4.69, 9.17) is 14.2 Å². The van der Waals surface area contributed by atoms with Gasteiger partial charge >= 0.3 is 5.97 Å². The van der Waals surface area contributed by atoms with Crippen molar-refractivity contribution in [1.29, 1.82) is 0 Å². The quantitative estimate of drug-likeness (QED) is 0.509. The topological polar surface area (TPSA) is 111 Å². The van der Waals surface area contributed by atoms with E-state index in [1.807, 2.05) is 6.92 Å². The molecule has 0 aliphatic carbocycles. The van der Waals surface area contributed by atoms with Crippen LogP contribution in [0.2, 0.25) is 0 Å². The Balaban J connectivity index is 1.79. The molecule has 2 rings (SSSR count). The Bertz CT molecular complexity index is 1030. The van der Waals surface area contributed by atoms with Crippen LogP contribution in [0.5, 0.6) is 11.5 Å². The van der Waals surface area contributed by atoms with Crippen LogP contribution < -0.4 is 14.8 Å². The van der Waals surface area contributed by atoms with E-state index in [1.54, 1.807) is 43.3 Å². The van der Waals surface area contributed by atoms with Crippen molar-refractivity contribution in [3.8, 4) is 11.5 Å². The van der Waals surface area contributed by atoms with Gasteiger partial charge in [-0.2, -0.15) is 0 Å². The SMILES string of the molecule is CCOc1ccc(OCCC(=O)OCC(=O)Nc2ccc(C)c(S(=O)(=O)N(C)C)c2)cc1. The largest absolute Gasteiger partial charge is 0.494 e. The van der Waals surface area contributed by atoms with E-state index in [2.05, 4.69) is 5.32 Å². The highest BCUT2D eigenvalue weighted by Gasteiger charge is 2.20. The van der Waals surface area contributed by atoms with Crippen molar-refractivity contribution in [2.75, 3.05) is 39.2 Å². The number of hydrogen-bond donors (Lipinski definition) is 1. The molecule has 0 saturated heterocycles. The van der Waals surface area contributed by atoms with Crippen molar-refractivity contribution in [2.45, 2.75) is 25.2 Å². The standard InChI is InChI=1S/C22H28N2O7S/c1-5-29-18-8-10-19(11-9-18)30-13-12-22(26)31-15-21(25)23-17-7-6-16(2)20(14-17)32(27,28)24(3)4/h6-11,14H,5,12-13,15H2,1-4H3,(H,23,25). The number of rotatable bonds is 11. The van der Waals surface area contributed by atoms with Gasteiger partial charge in [-0.1, -0.05) is 6.07 Å². The highest BCUT2D eigenvalue weighted by molar-refractivity contribution is 7.89. The summed E-state index contributed by atoms with van der Waals surface area (Å²) in [7, 11) is -0.795. The first-order valence-electron chi connectivity index (χ1n) is 9.97. The normalized spacial score (nSPS) is 11.2. The van der Waals surface area contributed by atoms with Crippen LogP contribution in [0.1, 0.15) is 18.9 Å². The minimum absolute atomic E-state index is 0.0315. The van der Waals surface area contributed by atoms with Gasteiger partial charge in [0.05, 0.1) is 24.5 Å². The average molecular weight is 465 g/mol. The lowest BCUT2D eigenvalue weighted by atomic mass is 10.2. The fourth-order valence-electron chi connectivity index (χ4n) is 2.62. The molecule has 2 aromatic carbocycles. The molecule has 0 atom stereocenters. The zero-order chi connectivity index (χ0) is 23.7. The van der Waals surface area contributed by atoms with Gasteiger partial charge in [0.25, 0.3) is 5.91 Å². The van der Waals surface area contributed by atoms with E-state index < -0.39 is 28.5 Å². The number of nitrogens with one attached hydrogen (secondary N) is 1. The highest BCUT2D eigenvalue weighted by atomic mass is 32.2. The molecular formula is C22H28N2O7S. The fraction of sp³-hybridized carbons (Fsp3) is 0.364. The maximum absolute atomic E-state index is 12.4. The number of carbonyl (C=O) groups excluding carboxylic acids is 2. The predicted molar refractivity (Wildman–Crippen MR) is 119 cm³/mol. The molecule has 1 N–H and O–H groups in total. The van der Waals surface area contributed by atoms with Gasteiger partial charge in [0.2, 0.25) is 10.0 Å². The molecule has 0 fully saturated rings. The van der Waals surface area contributed by atoms with Crippen LogP contribution in [0.3, 0.4) is 0 Å². The maximum Gasteiger partial charge on any atom is 0.309 e. The number of aryl methyl sites for hydroxylation is 1. The highest BCUT2D eigenvalue weighted by Crippen LogP contribution is 2.22. The van der Waals surface area contributed by atoms with Gasteiger partial charge in [-0.05, 0) is 55.8 Å². The summed E-state index contributed by atoms with van der Waals surface area (Å²) in [6.45, 7) is 3.73. The van der Waals surface area contributed by atoms with E-state index in [1.165, 1.54) is 20.2 Å². The zero-order valence-corrected chi connectivity index (χ0v) is 19.4. The molecule has 2 aromatic rings. The first-order chi connectivity index (χ1) is 15.1. The van der Waals surface area contributed by atoms with Crippen molar-refractivity contribution < 1.29 is 32.2 Å². The second kappa shape index (κ2) is 11.5. The van der Waals surface area contributed by atoms with Gasteiger partial charge < -0.3 is 19.5 Å². The number of anilines is 1. The molecule has 174 valence electrons. The Morgan fingerprint density at radius 3 is 2.22 bits per heavy atom. The summed E-state index contributed by atoms with van der Waals surface area (Å²) in [5.74, 6) is 0.140. The Hall–Kier alpha value is -3.11. The molecule has 1 amide bonds. The second-order valence-corrected chi connectivity index (χ2v) is 9.10. The van der Waals surface area contributed by atoms with Crippen LogP contribution in [0.15, 0.2) is 47.4 Å². The molecule has 0 radical (unpaired) electrons. The van der Waals surface area contributed by atoms with Crippen LogP contribution in [0, 0.1) is 6.92 Å². The minimum Gasteiger partial charge on any atom is -0.494 e. The summed E-state index contributed by atoms with van der Waals surface area (Å²) < 4.78 is 41.6. The third-order valence-electron chi connectivity index (χ3n) is 4.30. The number of benzene rings is 2. The molecule has 10 heteroatoms. The van der Waals surface area contributed by atoms with Crippen molar-refractivity contribution >= 4 is 27.6 Å². The van der Waals surface area contributed by atoms with Crippen molar-refractivity contribution in [1.82, 2.24) is 4.31 Å². The van der Waals surface area contributed by atoms with Gasteiger partial charge in [-0.3, -0.25) is 9.59 Å². The minimum atomic E-state index is -3.65. The molecule has 0 aliphatic rings. The van der Waals surface area contributed by atoms with Crippen LogP contribution in [0.25, 0.3) is 0 Å². The molecule has 0 aromatic heterocycles. The first-order valence-corrected chi connectivity index (χ1v) is 11.4. The summed E-state index contributed by atoms with van der Waals surface area (Å²) in [5.41, 5.74) is 0.839. The monoisotopic (exact) mass is 464 g/mol. The fourth-order valence-corrected chi connectivity index (χ4v) is 3.76. The molecule has 0 unspecified atom stereocenters. The van der Waals surface area contributed by atoms with E-state index in [-0.39, 0.29) is 23.6 Å². The molecule has 0 spiro atoms. The molecule has 0 bridgehead atoms. The average Bonchev–Trinajstić information content (AvgIpc) is 2.75. The second-order valence-electron chi connectivity index (χ2n) is 6.98. The van der Waals surface area contributed by atoms with Crippen LogP contribution >= 0.6 is 0 Å². The van der Waals surface area contributed by atoms with E-state index in [0.717, 1.165) is 10.1 Å². The zero-order valence-electron chi connectivity index (χ0n) is 18.6. The van der Waals surface area contributed by atoms with Gasteiger partial charge in [0.1, 0.15) is 11.5 Å². The number of carbonyl (C=O) groups is 2. The number of sulfonamides is 1. The summed E-state index contributed by atoms with van der Waals surface area (Å²) in [6, 6.07) is 11.5. The third-order valence-corrected chi connectivity index (χ3v) is 6.26. The molecular weight excluding hydrogens is 436 g/mol. The lowest BCUT2D eigenvalue weighted by Gasteiger charge is -2.15. The van der Waals surface area contributed by atoms with Crippen LogP contribution in [0.4, 0.5) is 5.69 Å². The smallest absolute Gasteiger partial charge is 0.309 e. The van der Waals surface area contributed by atoms with E-state index >= 15 is 0 Å². The molecule has 9 nitrogen and oxygen atoms in total. The molecule has 0 heterocycles. The van der Waals surface area contributed by atoms with E-state index in [9.17, 15) is 18.0 Å². The Kier molecular flexibility index (Phi) is 9.03. The van der Waals surface area contributed by atoms with Crippen LogP contribution in [-0.2, 0) is 24.3 Å². The van der Waals surface area contributed by atoms with Gasteiger partial charge in [-0.25, -0.2) is 12.7 Å². The summed E-state index contributed by atoms with van der Waals surface area (Å²) in [5, 5.41) is 2.53. The van der Waals surface area contributed by atoms with E-state index in [0.29, 0.717) is 17.9 Å². The number of amides is 1. The first kappa shape index (κ1) is 25.2. The number of hydrogen-bond acceptors (Lipinski definition) is 7. The summed E-state index contributed by atoms with van der Waals surface area (Å²) in [4.78, 5) is 24.0. The molecule has 0 aliphatic heterocycles. The predicted octanol–water partition coefficient (Wildman–Crippen LogP) is 2.59. The third kappa shape index (κ3) is 7.24. The molecule has 32 heavy (non-hydrogen) atoms. The van der Waals surface area contributed by atoms with Crippen molar-refractivity contribution in [3.05, 3.63) is 48.0 Å². The lowest BCUT2D eigenvalue weighted by Crippen LogP contribution is -2.24. The summed E-state index contributed by atoms with van der Waals surface area (Å²) >= 11 is 0. The van der Waals surface area contributed by atoms with Crippen molar-refractivity contribution in [2.24, 2.45) is 0 Å². The molecule has 0 saturated carbocycles.